The summed E-state index contributed by atoms with van der Waals surface area (Å²) in [7, 11) is 1.59. The third-order valence-corrected chi connectivity index (χ3v) is 4.62. The molecular formula is C22H25N3O4. The van der Waals surface area contributed by atoms with Crippen molar-refractivity contribution in [1.29, 1.82) is 0 Å². The van der Waals surface area contributed by atoms with Crippen molar-refractivity contribution < 1.29 is 19.1 Å². The quantitative estimate of drug-likeness (QED) is 0.550. The van der Waals surface area contributed by atoms with Crippen molar-refractivity contribution in [1.82, 2.24) is 5.43 Å². The second kappa shape index (κ2) is 9.73. The van der Waals surface area contributed by atoms with Crippen LogP contribution < -0.4 is 19.8 Å². The van der Waals surface area contributed by atoms with Crippen molar-refractivity contribution in [3.8, 4) is 11.5 Å². The van der Waals surface area contributed by atoms with Gasteiger partial charge in [-0.1, -0.05) is 6.92 Å². The van der Waals surface area contributed by atoms with E-state index in [1.807, 2.05) is 36.4 Å². The fourth-order valence-electron chi connectivity index (χ4n) is 3.03. The smallest absolute Gasteiger partial charge is 0.245 e. The average Bonchev–Trinajstić information content (AvgIpc) is 3.15. The van der Waals surface area contributed by atoms with Crippen molar-refractivity contribution in [3.05, 3.63) is 54.1 Å². The molecule has 0 aromatic heterocycles. The summed E-state index contributed by atoms with van der Waals surface area (Å²) in [5, 5.41) is 4.01. The van der Waals surface area contributed by atoms with E-state index in [4.69, 9.17) is 9.47 Å². The number of hydrazone groups is 1. The molecule has 3 rings (SSSR count). The van der Waals surface area contributed by atoms with Gasteiger partial charge >= 0.3 is 0 Å². The number of hydrogen-bond acceptors (Lipinski definition) is 5. The van der Waals surface area contributed by atoms with E-state index in [0.717, 1.165) is 23.4 Å². The Bertz CT molecular complexity index is 863. The van der Waals surface area contributed by atoms with E-state index in [0.29, 0.717) is 18.9 Å². The average molecular weight is 395 g/mol. The molecule has 7 nitrogen and oxygen atoms in total. The van der Waals surface area contributed by atoms with Gasteiger partial charge in [0, 0.05) is 18.7 Å². The van der Waals surface area contributed by atoms with Gasteiger partial charge in [-0.05, 0) is 60.5 Å². The van der Waals surface area contributed by atoms with Gasteiger partial charge in [-0.3, -0.25) is 9.59 Å². The highest BCUT2D eigenvalue weighted by molar-refractivity contribution is 6.00. The van der Waals surface area contributed by atoms with Crippen molar-refractivity contribution in [3.63, 3.8) is 0 Å². The lowest BCUT2D eigenvalue weighted by molar-refractivity contribution is -0.126. The molecule has 0 unspecified atom stereocenters. The van der Waals surface area contributed by atoms with Crippen LogP contribution in [-0.4, -0.2) is 38.3 Å². The van der Waals surface area contributed by atoms with Gasteiger partial charge < -0.3 is 14.4 Å². The Balaban J connectivity index is 1.53. The third-order valence-electron chi connectivity index (χ3n) is 4.62. The molecule has 1 saturated heterocycles. The van der Waals surface area contributed by atoms with Gasteiger partial charge in [-0.2, -0.15) is 5.10 Å². The molecule has 0 radical (unpaired) electrons. The number of rotatable bonds is 8. The molecule has 29 heavy (non-hydrogen) atoms. The summed E-state index contributed by atoms with van der Waals surface area (Å²) in [5.41, 5.74) is 4.13. The molecule has 152 valence electrons. The zero-order chi connectivity index (χ0) is 20.6. The molecule has 7 heteroatoms. The first-order valence-electron chi connectivity index (χ1n) is 9.61. The number of carbonyl (C=O) groups is 2. The summed E-state index contributed by atoms with van der Waals surface area (Å²) in [6.45, 7) is 3.06. The van der Waals surface area contributed by atoms with E-state index in [-0.39, 0.29) is 18.2 Å². The fraction of sp³-hybridized carbons (Fsp3) is 0.318. The SMILES string of the molecule is CCCOc1ccc(/C=N/NC(=O)[C@@H]2CC(=O)N(c3ccc(OC)cc3)C2)cc1. The lowest BCUT2D eigenvalue weighted by Crippen LogP contribution is -2.30. The largest absolute Gasteiger partial charge is 0.497 e. The van der Waals surface area contributed by atoms with Crippen molar-refractivity contribution >= 4 is 23.7 Å². The molecular weight excluding hydrogens is 370 g/mol. The summed E-state index contributed by atoms with van der Waals surface area (Å²) < 4.78 is 10.7. The Morgan fingerprint density at radius 1 is 1.17 bits per heavy atom. The van der Waals surface area contributed by atoms with Crippen molar-refractivity contribution in [2.45, 2.75) is 19.8 Å². The molecule has 1 aliphatic heterocycles. The molecule has 0 bridgehead atoms. The van der Waals surface area contributed by atoms with Crippen LogP contribution in [0.3, 0.4) is 0 Å². The zero-order valence-corrected chi connectivity index (χ0v) is 16.6. The molecule has 1 aliphatic rings. The van der Waals surface area contributed by atoms with Gasteiger partial charge in [-0.25, -0.2) is 5.43 Å². The normalized spacial score (nSPS) is 16.3. The highest BCUT2D eigenvalue weighted by Gasteiger charge is 2.35. The summed E-state index contributed by atoms with van der Waals surface area (Å²) in [6.07, 6.45) is 2.69. The standard InChI is InChI=1S/C22H25N3O4/c1-3-12-29-20-8-4-16(5-9-20)14-23-24-22(27)17-13-21(26)25(15-17)18-6-10-19(28-2)11-7-18/h4-11,14,17H,3,12-13,15H2,1-2H3,(H,24,27)/b23-14+/t17-/m1/s1. The number of methoxy groups -OCH3 is 1. The zero-order valence-electron chi connectivity index (χ0n) is 16.6. The Morgan fingerprint density at radius 3 is 2.52 bits per heavy atom. The topological polar surface area (TPSA) is 80.2 Å². The van der Waals surface area contributed by atoms with Crippen LogP contribution in [0.4, 0.5) is 5.69 Å². The first-order chi connectivity index (χ1) is 14.1. The second-order valence-corrected chi connectivity index (χ2v) is 6.76. The molecule has 1 N–H and O–H groups in total. The van der Waals surface area contributed by atoms with Gasteiger partial charge in [0.05, 0.1) is 25.8 Å². The number of nitrogens with zero attached hydrogens (tertiary/aromatic N) is 2. The number of benzene rings is 2. The Morgan fingerprint density at radius 2 is 1.86 bits per heavy atom. The molecule has 1 fully saturated rings. The van der Waals surface area contributed by atoms with E-state index in [1.54, 1.807) is 30.4 Å². The Kier molecular flexibility index (Phi) is 6.84. The van der Waals surface area contributed by atoms with E-state index in [9.17, 15) is 9.59 Å². The number of amides is 2. The van der Waals surface area contributed by atoms with Crippen LogP contribution >= 0.6 is 0 Å². The third kappa shape index (κ3) is 5.34. The minimum Gasteiger partial charge on any atom is -0.497 e. The molecule has 2 aromatic rings. The van der Waals surface area contributed by atoms with Crippen LogP contribution in [0.1, 0.15) is 25.3 Å². The van der Waals surface area contributed by atoms with Crippen LogP contribution in [0.25, 0.3) is 0 Å². The van der Waals surface area contributed by atoms with Crippen LogP contribution in [-0.2, 0) is 9.59 Å². The maximum absolute atomic E-state index is 12.4. The van der Waals surface area contributed by atoms with Crippen molar-refractivity contribution in [2.75, 3.05) is 25.2 Å². The van der Waals surface area contributed by atoms with E-state index in [2.05, 4.69) is 17.5 Å². The van der Waals surface area contributed by atoms with Gasteiger partial charge in [0.25, 0.3) is 0 Å². The maximum atomic E-state index is 12.4. The van der Waals surface area contributed by atoms with Gasteiger partial charge in [0.1, 0.15) is 11.5 Å². The molecule has 1 atom stereocenters. The summed E-state index contributed by atoms with van der Waals surface area (Å²) in [6, 6.07) is 14.7. The molecule has 2 aromatic carbocycles. The van der Waals surface area contributed by atoms with Crippen LogP contribution in [0.15, 0.2) is 53.6 Å². The number of anilines is 1. The van der Waals surface area contributed by atoms with Crippen LogP contribution in [0.5, 0.6) is 11.5 Å². The van der Waals surface area contributed by atoms with E-state index in [1.165, 1.54) is 0 Å². The van der Waals surface area contributed by atoms with Crippen molar-refractivity contribution in [2.24, 2.45) is 11.0 Å². The number of nitrogens with one attached hydrogen (secondary N) is 1. The second-order valence-electron chi connectivity index (χ2n) is 6.76. The van der Waals surface area contributed by atoms with Gasteiger partial charge in [0.15, 0.2) is 0 Å². The maximum Gasteiger partial charge on any atom is 0.245 e. The number of hydrogen-bond donors (Lipinski definition) is 1. The predicted octanol–water partition coefficient (Wildman–Crippen LogP) is 2.99. The first kappa shape index (κ1) is 20.4. The summed E-state index contributed by atoms with van der Waals surface area (Å²) >= 11 is 0. The highest BCUT2D eigenvalue weighted by Crippen LogP contribution is 2.26. The van der Waals surface area contributed by atoms with Gasteiger partial charge in [-0.15, -0.1) is 0 Å². The molecule has 1 heterocycles. The van der Waals surface area contributed by atoms with Gasteiger partial charge in [0.2, 0.25) is 11.8 Å². The minimum atomic E-state index is -0.438. The summed E-state index contributed by atoms with van der Waals surface area (Å²) in [5.74, 6) is 0.729. The summed E-state index contributed by atoms with van der Waals surface area (Å²) in [4.78, 5) is 26.3. The van der Waals surface area contributed by atoms with E-state index >= 15 is 0 Å². The number of ether oxygens (including phenoxy) is 2. The lowest BCUT2D eigenvalue weighted by Gasteiger charge is -2.16. The number of carbonyl (C=O) groups excluding carboxylic acids is 2. The highest BCUT2D eigenvalue weighted by atomic mass is 16.5. The first-order valence-corrected chi connectivity index (χ1v) is 9.61. The molecule has 0 spiro atoms. The fourth-order valence-corrected chi connectivity index (χ4v) is 3.03. The molecule has 0 saturated carbocycles. The lowest BCUT2D eigenvalue weighted by atomic mass is 10.1. The molecule has 2 amide bonds. The van der Waals surface area contributed by atoms with Crippen LogP contribution in [0.2, 0.25) is 0 Å². The monoisotopic (exact) mass is 395 g/mol. The van der Waals surface area contributed by atoms with E-state index < -0.39 is 5.92 Å². The molecule has 0 aliphatic carbocycles. The minimum absolute atomic E-state index is 0.0815. The van der Waals surface area contributed by atoms with Crippen LogP contribution in [0, 0.1) is 5.92 Å². The Labute approximate surface area is 170 Å². The predicted molar refractivity (Wildman–Crippen MR) is 111 cm³/mol. The Hall–Kier alpha value is -3.35.